The molecule has 0 aliphatic carbocycles. The number of aliphatic hydroxyl groups excluding tert-OH is 2. The number of carbonyl (C=O) groups is 1. The van der Waals surface area contributed by atoms with Gasteiger partial charge in [0.25, 0.3) is 0 Å². The molecule has 26 heavy (non-hydrogen) atoms. The van der Waals surface area contributed by atoms with Crippen molar-refractivity contribution >= 4 is 11.9 Å². The van der Waals surface area contributed by atoms with Crippen LogP contribution in [0.3, 0.4) is 0 Å². The Morgan fingerprint density at radius 2 is 2.23 bits per heavy atom. The fraction of sp³-hybridized carbons (Fsp3) is 0.643. The summed E-state index contributed by atoms with van der Waals surface area (Å²) in [7, 11) is 3.59. The highest BCUT2D eigenvalue weighted by Gasteiger charge is 2.59. The maximum Gasteiger partial charge on any atom is 0.412 e. The number of nitrogens with one attached hydrogen (secondary N) is 1. The van der Waals surface area contributed by atoms with E-state index >= 15 is 0 Å². The molecule has 0 radical (unpaired) electrons. The van der Waals surface area contributed by atoms with Gasteiger partial charge in [-0.2, -0.15) is 13.8 Å². The van der Waals surface area contributed by atoms with E-state index in [9.17, 15) is 23.5 Å². The van der Waals surface area contributed by atoms with Gasteiger partial charge < -0.3 is 24.6 Å². The van der Waals surface area contributed by atoms with E-state index in [4.69, 9.17) is 14.6 Å². The first-order valence-electron chi connectivity index (χ1n) is 7.66. The third-order valence-corrected chi connectivity index (χ3v) is 3.64. The van der Waals surface area contributed by atoms with E-state index in [1.54, 1.807) is 19.0 Å². The summed E-state index contributed by atoms with van der Waals surface area (Å²) in [6.45, 7) is -0.239. The molecular weight excluding hydrogens is 358 g/mol. The first-order chi connectivity index (χ1) is 12.2. The Balaban J connectivity index is 2.08. The number of carbonyl (C=O) groups excluding carboxylic acids is 1. The Morgan fingerprint density at radius 1 is 1.54 bits per heavy atom. The molecule has 0 spiro atoms. The molecule has 1 unspecified atom stereocenters. The monoisotopic (exact) mass is 378 g/mol. The molecule has 146 valence electrons. The molecule has 10 nitrogen and oxygen atoms in total. The first kappa shape index (κ1) is 20.2. The van der Waals surface area contributed by atoms with Gasteiger partial charge in [0.15, 0.2) is 6.10 Å². The molecule has 3 N–H and O–H groups in total. The molecule has 3 atom stereocenters. The molecule has 1 saturated heterocycles. The summed E-state index contributed by atoms with van der Waals surface area (Å²) in [5.74, 6) is -4.00. The Bertz CT molecular complexity index is 698. The molecular formula is C14H20F2N4O6. The van der Waals surface area contributed by atoms with E-state index in [1.807, 2.05) is 0 Å². The smallest absolute Gasteiger partial charge is 0.412 e. The van der Waals surface area contributed by atoms with Gasteiger partial charge in [0.1, 0.15) is 18.5 Å². The van der Waals surface area contributed by atoms with Gasteiger partial charge in [0.2, 0.25) is 6.23 Å². The van der Waals surface area contributed by atoms with Crippen molar-refractivity contribution in [2.75, 3.05) is 39.2 Å². The zero-order valence-corrected chi connectivity index (χ0v) is 14.1. The molecule has 2 heterocycles. The highest BCUT2D eigenvalue weighted by atomic mass is 19.3. The lowest BCUT2D eigenvalue weighted by atomic mass is 10.1. The summed E-state index contributed by atoms with van der Waals surface area (Å²) in [6, 6.07) is 1.10. The number of halogens is 2. The number of aliphatic hydroxyl groups is 2. The second-order valence-electron chi connectivity index (χ2n) is 5.90. The molecule has 1 aromatic heterocycles. The van der Waals surface area contributed by atoms with E-state index in [2.05, 4.69) is 10.3 Å². The number of hydrogen-bond acceptors (Lipinski definition) is 8. The van der Waals surface area contributed by atoms with Gasteiger partial charge in [-0.15, -0.1) is 0 Å². The highest BCUT2D eigenvalue weighted by Crippen LogP contribution is 2.41. The van der Waals surface area contributed by atoms with Crippen LogP contribution < -0.4 is 11.0 Å². The van der Waals surface area contributed by atoms with E-state index in [1.165, 1.54) is 0 Å². The lowest BCUT2D eigenvalue weighted by Gasteiger charge is -2.21. The Kier molecular flexibility index (Phi) is 6.23. The van der Waals surface area contributed by atoms with Crippen LogP contribution in [0.2, 0.25) is 0 Å². The van der Waals surface area contributed by atoms with Crippen LogP contribution in [0.5, 0.6) is 0 Å². The summed E-state index contributed by atoms with van der Waals surface area (Å²) < 4.78 is 38.3. The van der Waals surface area contributed by atoms with Gasteiger partial charge >= 0.3 is 17.7 Å². The molecule has 0 saturated carbocycles. The summed E-state index contributed by atoms with van der Waals surface area (Å²) >= 11 is 0. The van der Waals surface area contributed by atoms with E-state index < -0.39 is 42.7 Å². The second kappa shape index (κ2) is 8.03. The zero-order chi connectivity index (χ0) is 19.5. The summed E-state index contributed by atoms with van der Waals surface area (Å²) in [4.78, 5) is 28.8. The Morgan fingerprint density at radius 3 is 2.77 bits per heavy atom. The van der Waals surface area contributed by atoms with E-state index in [-0.39, 0.29) is 12.4 Å². The molecule has 0 bridgehead atoms. The van der Waals surface area contributed by atoms with Gasteiger partial charge in [0.05, 0.1) is 6.61 Å². The third-order valence-electron chi connectivity index (χ3n) is 3.64. The van der Waals surface area contributed by atoms with Gasteiger partial charge in [-0.3, -0.25) is 9.88 Å². The molecule has 12 heteroatoms. The lowest BCUT2D eigenvalue weighted by molar-refractivity contribution is -0.140. The van der Waals surface area contributed by atoms with Crippen LogP contribution in [0.25, 0.3) is 0 Å². The Hall–Kier alpha value is -2.15. The second-order valence-corrected chi connectivity index (χ2v) is 5.90. The molecule has 1 amide bonds. The van der Waals surface area contributed by atoms with E-state index in [0.29, 0.717) is 11.1 Å². The predicted molar refractivity (Wildman–Crippen MR) is 84.0 cm³/mol. The molecule has 0 aromatic carbocycles. The van der Waals surface area contributed by atoms with Gasteiger partial charge in [-0.1, -0.05) is 0 Å². The van der Waals surface area contributed by atoms with Crippen molar-refractivity contribution in [3.05, 3.63) is 22.7 Å². The fourth-order valence-electron chi connectivity index (χ4n) is 2.24. The number of anilines is 1. The SMILES string of the molecule is CN(C)CCOC(=O)Nc1ccn([C@@H]2OC(CO)[C@@H](O)C2(F)F)c(=O)n1. The number of hydrogen-bond donors (Lipinski definition) is 3. The van der Waals surface area contributed by atoms with Crippen molar-refractivity contribution in [1.29, 1.82) is 0 Å². The minimum Gasteiger partial charge on any atom is -0.448 e. The number of likely N-dealkylation sites (N-methyl/N-ethyl adjacent to an activating group) is 1. The molecule has 1 fully saturated rings. The summed E-state index contributed by atoms with van der Waals surface area (Å²) in [5, 5.41) is 20.7. The highest BCUT2D eigenvalue weighted by molar-refractivity contribution is 5.83. The predicted octanol–water partition coefficient (Wildman–Crippen LogP) is -0.761. The van der Waals surface area contributed by atoms with Crippen molar-refractivity contribution < 1.29 is 33.3 Å². The van der Waals surface area contributed by atoms with Crippen LogP contribution in [0.15, 0.2) is 17.1 Å². The van der Waals surface area contributed by atoms with Crippen molar-refractivity contribution in [3.8, 4) is 0 Å². The van der Waals surface area contributed by atoms with Crippen LogP contribution in [0.1, 0.15) is 6.23 Å². The van der Waals surface area contributed by atoms with Gasteiger partial charge in [0, 0.05) is 12.7 Å². The largest absolute Gasteiger partial charge is 0.448 e. The van der Waals surface area contributed by atoms with E-state index in [0.717, 1.165) is 12.3 Å². The zero-order valence-electron chi connectivity index (χ0n) is 14.1. The van der Waals surface area contributed by atoms with Crippen LogP contribution in [0.4, 0.5) is 19.4 Å². The van der Waals surface area contributed by atoms with Crippen LogP contribution in [0, 0.1) is 0 Å². The molecule has 1 aliphatic rings. The van der Waals surface area contributed by atoms with Crippen molar-refractivity contribution in [1.82, 2.24) is 14.5 Å². The number of rotatable bonds is 6. The average Bonchev–Trinajstić information content (AvgIpc) is 2.77. The van der Waals surface area contributed by atoms with Crippen LogP contribution >= 0.6 is 0 Å². The van der Waals surface area contributed by atoms with Crippen molar-refractivity contribution in [3.63, 3.8) is 0 Å². The minimum atomic E-state index is -3.81. The molecule has 2 rings (SSSR count). The van der Waals surface area contributed by atoms with Gasteiger partial charge in [-0.25, -0.2) is 9.59 Å². The number of aromatic nitrogens is 2. The van der Waals surface area contributed by atoms with Crippen molar-refractivity contribution in [2.24, 2.45) is 0 Å². The van der Waals surface area contributed by atoms with Crippen molar-refractivity contribution in [2.45, 2.75) is 24.4 Å². The van der Waals surface area contributed by atoms with Crippen LogP contribution in [-0.4, -0.2) is 82.7 Å². The molecule has 1 aliphatic heterocycles. The molecule has 1 aromatic rings. The normalized spacial score (nSPS) is 24.7. The maximum absolute atomic E-state index is 14.1. The number of nitrogens with zero attached hydrogens (tertiary/aromatic N) is 3. The number of amides is 1. The maximum atomic E-state index is 14.1. The van der Waals surface area contributed by atoms with Crippen LogP contribution in [-0.2, 0) is 9.47 Å². The summed E-state index contributed by atoms with van der Waals surface area (Å²) in [6.07, 6.45) is -5.85. The first-order valence-corrected chi connectivity index (χ1v) is 7.66. The summed E-state index contributed by atoms with van der Waals surface area (Å²) in [5.41, 5.74) is -1.13. The Labute approximate surface area is 147 Å². The number of ether oxygens (including phenoxy) is 2. The fourth-order valence-corrected chi connectivity index (χ4v) is 2.24. The number of alkyl halides is 2. The van der Waals surface area contributed by atoms with Gasteiger partial charge in [-0.05, 0) is 20.2 Å². The lowest BCUT2D eigenvalue weighted by Crippen LogP contribution is -2.41. The minimum absolute atomic E-state index is 0.110. The topological polar surface area (TPSA) is 126 Å². The standard InChI is InChI=1S/C14H20F2N4O6/c1-19(2)5-6-25-13(24)18-9-3-4-20(12(23)17-9)11-14(15,16)10(22)8(7-21)26-11/h3-4,8,10-11,21-22H,5-7H2,1-2H3,(H,17,18,23,24)/t8?,10-,11-/m1/s1. The quantitative estimate of drug-likeness (QED) is 0.590. The average molecular weight is 378 g/mol. The third kappa shape index (κ3) is 4.33.